The van der Waals surface area contributed by atoms with Gasteiger partial charge < -0.3 is 14.6 Å². The van der Waals surface area contributed by atoms with Crippen LogP contribution < -0.4 is 4.74 Å². The van der Waals surface area contributed by atoms with Crippen molar-refractivity contribution in [3.63, 3.8) is 0 Å². The number of nitrogens with zero attached hydrogens (tertiary/aromatic N) is 4. The molecule has 1 aliphatic heterocycles. The Labute approximate surface area is 163 Å². The van der Waals surface area contributed by atoms with Gasteiger partial charge in [-0.05, 0) is 31.9 Å². The number of aromatic amines is 1. The molecule has 1 saturated heterocycles. The van der Waals surface area contributed by atoms with E-state index in [1.807, 2.05) is 42.2 Å². The number of carbonyl (C=O) groups is 1. The Morgan fingerprint density at radius 3 is 2.96 bits per heavy atom. The third-order valence-corrected chi connectivity index (χ3v) is 5.02. The molecular weight excluding hydrogens is 354 g/mol. The fourth-order valence-electron chi connectivity index (χ4n) is 3.71. The Morgan fingerprint density at radius 1 is 1.32 bits per heavy atom. The van der Waals surface area contributed by atoms with Gasteiger partial charge in [-0.3, -0.25) is 4.79 Å². The summed E-state index contributed by atoms with van der Waals surface area (Å²) in [5.41, 5.74) is 2.50. The van der Waals surface area contributed by atoms with Crippen LogP contribution in [-0.4, -0.2) is 44.4 Å². The summed E-state index contributed by atoms with van der Waals surface area (Å²) < 4.78 is 5.39. The molecular formula is C21H23N5O2. The molecule has 1 N–H and O–H groups in total. The molecule has 1 aliphatic rings. The number of H-pyrrole nitrogens is 1. The van der Waals surface area contributed by atoms with Crippen molar-refractivity contribution in [1.82, 2.24) is 24.8 Å². The zero-order valence-electron chi connectivity index (χ0n) is 16.1. The lowest BCUT2D eigenvalue weighted by molar-refractivity contribution is -0.131. The number of rotatable bonds is 5. The van der Waals surface area contributed by atoms with Gasteiger partial charge in [0.2, 0.25) is 5.91 Å². The second kappa shape index (κ2) is 7.80. The van der Waals surface area contributed by atoms with Gasteiger partial charge in [-0.15, -0.1) is 0 Å². The molecule has 7 nitrogen and oxygen atoms in total. The largest absolute Gasteiger partial charge is 0.496 e. The van der Waals surface area contributed by atoms with E-state index < -0.39 is 0 Å². The van der Waals surface area contributed by atoms with Gasteiger partial charge >= 0.3 is 0 Å². The molecule has 3 heterocycles. The summed E-state index contributed by atoms with van der Waals surface area (Å²) >= 11 is 0. The Bertz CT molecular complexity index is 971. The summed E-state index contributed by atoms with van der Waals surface area (Å²) in [6.45, 7) is 2.65. The lowest BCUT2D eigenvalue weighted by Gasteiger charge is -2.24. The third kappa shape index (κ3) is 3.60. The van der Waals surface area contributed by atoms with E-state index in [1.165, 1.54) is 0 Å². The van der Waals surface area contributed by atoms with E-state index in [1.54, 1.807) is 19.5 Å². The average molecular weight is 377 g/mol. The Balaban J connectivity index is 1.59. The van der Waals surface area contributed by atoms with Gasteiger partial charge in [0.1, 0.15) is 11.4 Å². The highest BCUT2D eigenvalue weighted by atomic mass is 16.5. The molecule has 1 unspecified atom stereocenters. The number of amides is 1. The number of hydrogen-bond donors (Lipinski definition) is 1. The number of methoxy groups -OCH3 is 1. The monoisotopic (exact) mass is 377 g/mol. The van der Waals surface area contributed by atoms with Gasteiger partial charge in [0, 0.05) is 30.2 Å². The molecule has 144 valence electrons. The summed E-state index contributed by atoms with van der Waals surface area (Å²) in [6, 6.07) is 9.42. The minimum atomic E-state index is -0.115. The molecule has 1 aromatic carbocycles. The minimum absolute atomic E-state index is 0.0663. The van der Waals surface area contributed by atoms with Crippen LogP contribution >= 0.6 is 0 Å². The van der Waals surface area contributed by atoms with Crippen molar-refractivity contribution in [3.05, 3.63) is 59.8 Å². The maximum Gasteiger partial charge on any atom is 0.227 e. The number of carbonyl (C=O) groups excluding carboxylic acids is 1. The molecule has 1 atom stereocenters. The highest BCUT2D eigenvalue weighted by Gasteiger charge is 2.32. The highest BCUT2D eigenvalue weighted by molar-refractivity contribution is 5.80. The number of aryl methyl sites for hydroxylation is 1. The first-order valence-electron chi connectivity index (χ1n) is 9.42. The Kier molecular flexibility index (Phi) is 5.06. The molecule has 7 heteroatoms. The SMILES string of the molecule is COc1ccccc1CC(=O)N1CCCC1c1nc(C)cc(-c2ncc[nH]2)n1. The number of ether oxygens (including phenoxy) is 1. The fraction of sp³-hybridized carbons (Fsp3) is 0.333. The average Bonchev–Trinajstić information content (AvgIpc) is 3.40. The van der Waals surface area contributed by atoms with E-state index in [0.717, 1.165) is 35.5 Å². The van der Waals surface area contributed by atoms with Crippen LogP contribution in [0.1, 0.15) is 36.0 Å². The summed E-state index contributed by atoms with van der Waals surface area (Å²) in [5.74, 6) is 2.18. The van der Waals surface area contributed by atoms with Gasteiger partial charge in [0.05, 0.1) is 19.6 Å². The van der Waals surface area contributed by atoms with Crippen molar-refractivity contribution in [1.29, 1.82) is 0 Å². The topological polar surface area (TPSA) is 84.0 Å². The maximum absolute atomic E-state index is 13.1. The normalized spacial score (nSPS) is 16.4. The molecule has 0 spiro atoms. The number of hydrogen-bond acceptors (Lipinski definition) is 5. The van der Waals surface area contributed by atoms with Crippen LogP contribution in [0.3, 0.4) is 0 Å². The van der Waals surface area contributed by atoms with Crippen LogP contribution in [0.4, 0.5) is 0 Å². The molecule has 2 aromatic heterocycles. The predicted octanol–water partition coefficient (Wildman–Crippen LogP) is 3.09. The molecule has 3 aromatic rings. The number of imidazole rings is 1. The van der Waals surface area contributed by atoms with Crippen molar-refractivity contribution in [3.8, 4) is 17.3 Å². The van der Waals surface area contributed by atoms with Crippen LogP contribution in [0.25, 0.3) is 11.5 Å². The van der Waals surface area contributed by atoms with Gasteiger partial charge in [-0.2, -0.15) is 0 Å². The molecule has 0 bridgehead atoms. The number of benzene rings is 1. The van der Waals surface area contributed by atoms with Crippen molar-refractivity contribution >= 4 is 5.91 Å². The van der Waals surface area contributed by atoms with E-state index >= 15 is 0 Å². The molecule has 28 heavy (non-hydrogen) atoms. The number of nitrogens with one attached hydrogen (secondary N) is 1. The van der Waals surface area contributed by atoms with Crippen molar-refractivity contribution in [2.75, 3.05) is 13.7 Å². The summed E-state index contributed by atoms with van der Waals surface area (Å²) in [7, 11) is 1.62. The lowest BCUT2D eigenvalue weighted by atomic mass is 10.1. The van der Waals surface area contributed by atoms with E-state index in [2.05, 4.69) is 15.0 Å². The Morgan fingerprint density at radius 2 is 2.18 bits per heavy atom. The Hall–Kier alpha value is -3.22. The minimum Gasteiger partial charge on any atom is -0.496 e. The van der Waals surface area contributed by atoms with Gasteiger partial charge in [0.15, 0.2) is 11.6 Å². The van der Waals surface area contributed by atoms with Gasteiger partial charge in [-0.25, -0.2) is 15.0 Å². The fourth-order valence-corrected chi connectivity index (χ4v) is 3.71. The molecule has 1 fully saturated rings. The number of para-hydroxylation sites is 1. The van der Waals surface area contributed by atoms with Crippen LogP contribution in [0.15, 0.2) is 42.7 Å². The molecule has 4 rings (SSSR count). The second-order valence-electron chi connectivity index (χ2n) is 6.92. The lowest BCUT2D eigenvalue weighted by Crippen LogP contribution is -2.33. The van der Waals surface area contributed by atoms with Gasteiger partial charge in [0.25, 0.3) is 0 Å². The highest BCUT2D eigenvalue weighted by Crippen LogP contribution is 2.32. The van der Waals surface area contributed by atoms with Gasteiger partial charge in [-0.1, -0.05) is 18.2 Å². The van der Waals surface area contributed by atoms with E-state index in [4.69, 9.17) is 9.72 Å². The number of aromatic nitrogens is 4. The first-order valence-corrected chi connectivity index (χ1v) is 9.42. The quantitative estimate of drug-likeness (QED) is 0.739. The zero-order chi connectivity index (χ0) is 19.5. The van der Waals surface area contributed by atoms with Crippen LogP contribution in [0.2, 0.25) is 0 Å². The van der Waals surface area contributed by atoms with Crippen molar-refractivity contribution in [2.24, 2.45) is 0 Å². The standard InChI is InChI=1S/C21H23N5O2/c1-14-12-16(20-22-9-10-23-20)25-21(24-14)17-7-5-11-26(17)19(27)13-15-6-3-4-8-18(15)28-2/h3-4,6,8-10,12,17H,5,7,11,13H2,1-2H3,(H,22,23). The van der Waals surface area contributed by atoms with Crippen LogP contribution in [0.5, 0.6) is 5.75 Å². The first-order chi connectivity index (χ1) is 13.7. The van der Waals surface area contributed by atoms with E-state index in [-0.39, 0.29) is 11.9 Å². The maximum atomic E-state index is 13.1. The van der Waals surface area contributed by atoms with E-state index in [0.29, 0.717) is 24.6 Å². The summed E-state index contributed by atoms with van der Waals surface area (Å²) in [4.78, 5) is 31.7. The smallest absolute Gasteiger partial charge is 0.227 e. The molecule has 0 aliphatic carbocycles. The second-order valence-corrected chi connectivity index (χ2v) is 6.92. The molecule has 0 radical (unpaired) electrons. The van der Waals surface area contributed by atoms with Crippen molar-refractivity contribution in [2.45, 2.75) is 32.2 Å². The van der Waals surface area contributed by atoms with Crippen LogP contribution in [0, 0.1) is 6.92 Å². The van der Waals surface area contributed by atoms with E-state index in [9.17, 15) is 4.79 Å². The van der Waals surface area contributed by atoms with Crippen molar-refractivity contribution < 1.29 is 9.53 Å². The number of likely N-dealkylation sites (tertiary alicyclic amines) is 1. The molecule has 1 amide bonds. The summed E-state index contributed by atoms with van der Waals surface area (Å²) in [6.07, 6.45) is 5.57. The first kappa shape index (κ1) is 18.2. The predicted molar refractivity (Wildman–Crippen MR) is 105 cm³/mol. The molecule has 0 saturated carbocycles. The van der Waals surface area contributed by atoms with Crippen LogP contribution in [-0.2, 0) is 11.2 Å². The zero-order valence-corrected chi connectivity index (χ0v) is 16.1. The third-order valence-electron chi connectivity index (χ3n) is 5.02. The summed E-state index contributed by atoms with van der Waals surface area (Å²) in [5, 5.41) is 0.